The van der Waals surface area contributed by atoms with Crippen LogP contribution in [0.25, 0.3) is 0 Å². The van der Waals surface area contributed by atoms with Crippen molar-refractivity contribution in [1.82, 2.24) is 0 Å². The van der Waals surface area contributed by atoms with Gasteiger partial charge in [0.15, 0.2) is 5.78 Å². The van der Waals surface area contributed by atoms with E-state index in [4.69, 9.17) is 0 Å². The molecule has 3 aromatic rings. The maximum atomic E-state index is 13.0. The van der Waals surface area contributed by atoms with Gasteiger partial charge in [0.05, 0.1) is 15.5 Å². The summed E-state index contributed by atoms with van der Waals surface area (Å²) >= 11 is 3.40. The molecule has 0 aromatic heterocycles. The van der Waals surface area contributed by atoms with E-state index in [1.807, 2.05) is 19.1 Å². The van der Waals surface area contributed by atoms with Crippen LogP contribution in [0.4, 0.5) is 5.69 Å². The molecule has 0 saturated heterocycles. The summed E-state index contributed by atoms with van der Waals surface area (Å²) in [5.74, 6) is -0.831. The fourth-order valence-electron chi connectivity index (χ4n) is 3.14. The Morgan fingerprint density at radius 1 is 0.929 bits per heavy atom. The minimum Gasteiger partial charge on any atom is -0.321 e. The Labute approximate surface area is 170 Å². The highest BCUT2D eigenvalue weighted by Crippen LogP contribution is 2.35. The largest absolute Gasteiger partial charge is 0.321 e. The van der Waals surface area contributed by atoms with Crippen molar-refractivity contribution in [2.24, 2.45) is 0 Å². The van der Waals surface area contributed by atoms with Crippen molar-refractivity contribution >= 4 is 43.1 Å². The minimum absolute atomic E-state index is 0.0358. The van der Waals surface area contributed by atoms with Gasteiger partial charge in [0.2, 0.25) is 9.84 Å². The lowest BCUT2D eigenvalue weighted by Crippen LogP contribution is -2.21. The van der Waals surface area contributed by atoms with Gasteiger partial charge < -0.3 is 5.32 Å². The lowest BCUT2D eigenvalue weighted by molar-refractivity contribution is 0.101. The normalized spacial score (nSPS) is 14.1. The first-order chi connectivity index (χ1) is 13.3. The molecule has 0 spiro atoms. The summed E-state index contributed by atoms with van der Waals surface area (Å²) < 4.78 is 26.7. The van der Waals surface area contributed by atoms with E-state index in [-0.39, 0.29) is 32.3 Å². The number of ketones is 1. The van der Waals surface area contributed by atoms with E-state index < -0.39 is 15.7 Å². The van der Waals surface area contributed by atoms with Crippen molar-refractivity contribution in [3.8, 4) is 0 Å². The molecule has 0 radical (unpaired) electrons. The van der Waals surface area contributed by atoms with E-state index in [2.05, 4.69) is 21.2 Å². The van der Waals surface area contributed by atoms with Crippen LogP contribution in [0.3, 0.4) is 0 Å². The Balaban J connectivity index is 1.76. The number of nitrogens with one attached hydrogen (secondary N) is 1. The molecule has 1 aliphatic heterocycles. The van der Waals surface area contributed by atoms with Crippen LogP contribution in [-0.4, -0.2) is 20.1 Å². The third-order valence-electron chi connectivity index (χ3n) is 4.57. The van der Waals surface area contributed by atoms with E-state index >= 15 is 0 Å². The van der Waals surface area contributed by atoms with Crippen LogP contribution in [0.1, 0.15) is 31.8 Å². The molecule has 1 amide bonds. The van der Waals surface area contributed by atoms with Gasteiger partial charge in [0.1, 0.15) is 0 Å². The molecule has 0 saturated carbocycles. The second-order valence-electron chi connectivity index (χ2n) is 6.48. The molecule has 0 bridgehead atoms. The number of aryl methyl sites for hydroxylation is 1. The Hall–Kier alpha value is -2.77. The summed E-state index contributed by atoms with van der Waals surface area (Å²) in [6.45, 7) is 1.93. The third kappa shape index (κ3) is 2.96. The summed E-state index contributed by atoms with van der Waals surface area (Å²) in [5, 5.41) is 2.75. The summed E-state index contributed by atoms with van der Waals surface area (Å²) in [7, 11) is -3.89. The summed E-state index contributed by atoms with van der Waals surface area (Å²) in [6, 6.07) is 15.7. The molecule has 4 rings (SSSR count). The molecule has 0 unspecified atom stereocenters. The zero-order chi connectivity index (χ0) is 20.1. The van der Waals surface area contributed by atoms with Gasteiger partial charge >= 0.3 is 0 Å². The molecule has 1 heterocycles. The Morgan fingerprint density at radius 2 is 1.64 bits per heavy atom. The Morgan fingerprint density at radius 3 is 2.39 bits per heavy atom. The van der Waals surface area contributed by atoms with Gasteiger partial charge in [0.25, 0.3) is 5.91 Å². The number of halogens is 1. The maximum Gasteiger partial charge on any atom is 0.255 e. The monoisotopic (exact) mass is 455 g/mol. The van der Waals surface area contributed by atoms with E-state index in [1.165, 1.54) is 30.3 Å². The van der Waals surface area contributed by atoms with Gasteiger partial charge in [-0.15, -0.1) is 0 Å². The highest BCUT2D eigenvalue weighted by atomic mass is 79.9. The first kappa shape index (κ1) is 18.6. The van der Waals surface area contributed by atoms with Crippen molar-refractivity contribution in [3.63, 3.8) is 0 Å². The highest BCUT2D eigenvalue weighted by molar-refractivity contribution is 9.10. The lowest BCUT2D eigenvalue weighted by atomic mass is 10.0. The molecule has 5 nitrogen and oxygen atoms in total. The first-order valence-electron chi connectivity index (χ1n) is 8.39. The average Bonchev–Trinajstić information content (AvgIpc) is 2.68. The van der Waals surface area contributed by atoms with Crippen LogP contribution < -0.4 is 5.32 Å². The third-order valence-corrected chi connectivity index (χ3v) is 7.08. The zero-order valence-electron chi connectivity index (χ0n) is 14.7. The van der Waals surface area contributed by atoms with Gasteiger partial charge in [-0.2, -0.15) is 0 Å². The van der Waals surface area contributed by atoms with Crippen molar-refractivity contribution in [2.45, 2.75) is 16.7 Å². The van der Waals surface area contributed by atoms with Gasteiger partial charge in [-0.1, -0.05) is 18.2 Å². The molecule has 1 N–H and O–H groups in total. The molecule has 0 aliphatic carbocycles. The van der Waals surface area contributed by atoms with Crippen molar-refractivity contribution in [3.05, 3.63) is 87.4 Å². The average molecular weight is 456 g/mol. The van der Waals surface area contributed by atoms with E-state index in [1.54, 1.807) is 18.2 Å². The van der Waals surface area contributed by atoms with Gasteiger partial charge in [-0.25, -0.2) is 8.42 Å². The quantitative estimate of drug-likeness (QED) is 0.485. The van der Waals surface area contributed by atoms with Gasteiger partial charge in [-0.3, -0.25) is 9.59 Å². The SMILES string of the molecule is Cc1ccc(NC(=O)c2ccc3c(c2)S(=O)(=O)c2ccccc2C3=O)c(Br)c1. The van der Waals surface area contributed by atoms with E-state index in [0.717, 1.165) is 10.0 Å². The molecular formula is C21H14BrNO4S. The predicted molar refractivity (Wildman–Crippen MR) is 109 cm³/mol. The number of carbonyl (C=O) groups excluding carboxylic acids is 2. The minimum atomic E-state index is -3.89. The second kappa shape index (κ2) is 6.68. The van der Waals surface area contributed by atoms with Crippen LogP contribution in [0.2, 0.25) is 0 Å². The molecule has 3 aromatic carbocycles. The number of carbonyl (C=O) groups is 2. The number of anilines is 1. The number of hydrogen-bond acceptors (Lipinski definition) is 4. The van der Waals surface area contributed by atoms with Crippen molar-refractivity contribution in [1.29, 1.82) is 0 Å². The smallest absolute Gasteiger partial charge is 0.255 e. The van der Waals surface area contributed by atoms with E-state index in [0.29, 0.717) is 5.69 Å². The molecule has 1 aliphatic rings. The predicted octanol–water partition coefficient (Wildman–Crippen LogP) is 4.39. The van der Waals surface area contributed by atoms with Gasteiger partial charge in [0, 0.05) is 21.2 Å². The fraction of sp³-hybridized carbons (Fsp3) is 0.0476. The topological polar surface area (TPSA) is 80.3 Å². The molecule has 0 fully saturated rings. The second-order valence-corrected chi connectivity index (χ2v) is 9.22. The molecule has 7 heteroatoms. The standard InChI is InChI=1S/C21H14BrNO4S/c1-12-6-9-17(16(22)10-12)23-21(25)13-7-8-15-19(11-13)28(26,27)18-5-3-2-4-14(18)20(15)24/h2-11H,1H3,(H,23,25). The zero-order valence-corrected chi connectivity index (χ0v) is 17.1. The van der Waals surface area contributed by atoms with Crippen molar-refractivity contribution in [2.75, 3.05) is 5.32 Å². The fourth-order valence-corrected chi connectivity index (χ4v) is 5.41. The summed E-state index contributed by atoms with van der Waals surface area (Å²) in [5.41, 5.74) is 1.98. The number of amides is 1. The first-order valence-corrected chi connectivity index (χ1v) is 10.7. The van der Waals surface area contributed by atoms with Crippen LogP contribution in [-0.2, 0) is 9.84 Å². The Bertz CT molecular complexity index is 1270. The lowest BCUT2D eigenvalue weighted by Gasteiger charge is -2.19. The summed E-state index contributed by atoms with van der Waals surface area (Å²) in [4.78, 5) is 25.2. The number of hydrogen-bond donors (Lipinski definition) is 1. The van der Waals surface area contributed by atoms with E-state index in [9.17, 15) is 18.0 Å². The van der Waals surface area contributed by atoms with Crippen LogP contribution in [0.5, 0.6) is 0 Å². The van der Waals surface area contributed by atoms with Crippen LogP contribution >= 0.6 is 15.9 Å². The van der Waals surface area contributed by atoms with Crippen LogP contribution in [0.15, 0.2) is 74.9 Å². The molecule has 140 valence electrons. The number of fused-ring (bicyclic) bond motifs is 2. The van der Waals surface area contributed by atoms with Crippen LogP contribution in [0, 0.1) is 6.92 Å². The number of rotatable bonds is 2. The molecular weight excluding hydrogens is 442 g/mol. The number of benzene rings is 3. The van der Waals surface area contributed by atoms with Gasteiger partial charge in [-0.05, 0) is 70.9 Å². The Kier molecular flexibility index (Phi) is 4.44. The van der Waals surface area contributed by atoms with Crippen molar-refractivity contribution < 1.29 is 18.0 Å². The molecule has 28 heavy (non-hydrogen) atoms. The number of sulfone groups is 1. The summed E-state index contributed by atoms with van der Waals surface area (Å²) in [6.07, 6.45) is 0. The molecule has 0 atom stereocenters. The highest BCUT2D eigenvalue weighted by Gasteiger charge is 2.35. The maximum absolute atomic E-state index is 13.0.